The summed E-state index contributed by atoms with van der Waals surface area (Å²) in [4.78, 5) is 34.5. The highest BCUT2D eigenvalue weighted by molar-refractivity contribution is 5.94. The minimum atomic E-state index is -0.128. The summed E-state index contributed by atoms with van der Waals surface area (Å²) in [5.41, 5.74) is 4.14. The third kappa shape index (κ3) is 4.26. The standard InChI is InChI=1S/C24H24N8O/c1-14-6-7-25-23(29-14)18-8-19(18)24(33)31-21-9-20(27-13-28-21)26-10-17-12-32-11-16(15-2-3-15)4-5-22(32)30-17/h4-7,9,11-13,15,18-19H,2-3,8,10H2,1H3,(H2,26,27,28,31,33)/t18?,19-/m0/s1. The van der Waals surface area contributed by atoms with Crippen LogP contribution < -0.4 is 10.6 Å². The van der Waals surface area contributed by atoms with E-state index in [1.807, 2.05) is 19.2 Å². The van der Waals surface area contributed by atoms with Crippen molar-refractivity contribution in [3.8, 4) is 0 Å². The maximum Gasteiger partial charge on any atom is 0.229 e. The van der Waals surface area contributed by atoms with Gasteiger partial charge >= 0.3 is 0 Å². The van der Waals surface area contributed by atoms with Crippen LogP contribution in [0.15, 0.2) is 49.2 Å². The van der Waals surface area contributed by atoms with Gasteiger partial charge in [0.1, 0.15) is 29.4 Å². The van der Waals surface area contributed by atoms with Gasteiger partial charge in [0, 0.05) is 42.2 Å². The van der Waals surface area contributed by atoms with Crippen molar-refractivity contribution in [1.82, 2.24) is 29.3 Å². The number of anilines is 2. The normalized spacial score (nSPS) is 19.4. The lowest BCUT2D eigenvalue weighted by atomic mass is 10.2. The molecular formula is C24H24N8O. The first-order valence-corrected chi connectivity index (χ1v) is 11.3. The maximum absolute atomic E-state index is 12.7. The first-order chi connectivity index (χ1) is 16.1. The van der Waals surface area contributed by atoms with Crippen LogP contribution in [0.4, 0.5) is 11.6 Å². The van der Waals surface area contributed by atoms with Gasteiger partial charge in [-0.3, -0.25) is 4.79 Å². The molecule has 2 fully saturated rings. The molecule has 9 nitrogen and oxygen atoms in total. The number of pyridine rings is 1. The van der Waals surface area contributed by atoms with Crippen LogP contribution in [0.5, 0.6) is 0 Å². The monoisotopic (exact) mass is 440 g/mol. The molecule has 2 N–H and O–H groups in total. The Bertz CT molecular complexity index is 1350. The summed E-state index contributed by atoms with van der Waals surface area (Å²) in [6, 6.07) is 7.84. The van der Waals surface area contributed by atoms with Gasteiger partial charge in [0.05, 0.1) is 12.2 Å². The number of hydrogen-bond acceptors (Lipinski definition) is 7. The summed E-state index contributed by atoms with van der Waals surface area (Å²) in [6.07, 6.45) is 10.7. The van der Waals surface area contributed by atoms with Crippen LogP contribution in [0.3, 0.4) is 0 Å². The second-order valence-corrected chi connectivity index (χ2v) is 8.87. The van der Waals surface area contributed by atoms with Crippen LogP contribution in [0.1, 0.15) is 53.9 Å². The predicted molar refractivity (Wildman–Crippen MR) is 123 cm³/mol. The molecule has 0 radical (unpaired) electrons. The molecule has 1 amide bonds. The Kier molecular flexibility index (Phi) is 4.74. The highest BCUT2D eigenvalue weighted by Crippen LogP contribution is 2.46. The molecule has 2 aliphatic rings. The molecule has 0 aliphatic heterocycles. The highest BCUT2D eigenvalue weighted by Gasteiger charge is 2.46. The Balaban J connectivity index is 1.08. The number of hydrogen-bond donors (Lipinski definition) is 2. The average molecular weight is 441 g/mol. The summed E-state index contributed by atoms with van der Waals surface area (Å²) in [5.74, 6) is 2.42. The molecule has 9 heteroatoms. The molecule has 1 unspecified atom stereocenters. The summed E-state index contributed by atoms with van der Waals surface area (Å²) in [7, 11) is 0. The van der Waals surface area contributed by atoms with Crippen molar-refractivity contribution in [1.29, 1.82) is 0 Å². The zero-order chi connectivity index (χ0) is 22.4. The van der Waals surface area contributed by atoms with E-state index >= 15 is 0 Å². The Morgan fingerprint density at radius 2 is 1.97 bits per heavy atom. The van der Waals surface area contributed by atoms with Gasteiger partial charge in [-0.1, -0.05) is 6.07 Å². The number of amides is 1. The van der Waals surface area contributed by atoms with Gasteiger partial charge in [0.2, 0.25) is 5.91 Å². The van der Waals surface area contributed by atoms with Crippen molar-refractivity contribution in [3.05, 3.63) is 72.0 Å². The Labute approximate surface area is 190 Å². The number of nitrogens with one attached hydrogen (secondary N) is 2. The Hall–Kier alpha value is -3.88. The molecule has 0 spiro atoms. The molecule has 4 aromatic rings. The van der Waals surface area contributed by atoms with Crippen molar-refractivity contribution in [3.63, 3.8) is 0 Å². The molecule has 2 saturated carbocycles. The number of aryl methyl sites for hydroxylation is 1. The minimum Gasteiger partial charge on any atom is -0.364 e. The summed E-state index contributed by atoms with van der Waals surface area (Å²) in [5, 5.41) is 6.17. The van der Waals surface area contributed by atoms with Gasteiger partial charge in [-0.15, -0.1) is 0 Å². The fourth-order valence-electron chi connectivity index (χ4n) is 4.14. The molecule has 0 saturated heterocycles. The molecule has 166 valence electrons. The summed E-state index contributed by atoms with van der Waals surface area (Å²) in [6.45, 7) is 2.45. The Morgan fingerprint density at radius 1 is 1.09 bits per heavy atom. The fraction of sp³-hybridized carbons (Fsp3) is 0.333. The molecule has 33 heavy (non-hydrogen) atoms. The van der Waals surface area contributed by atoms with Crippen molar-refractivity contribution in [2.75, 3.05) is 10.6 Å². The van der Waals surface area contributed by atoms with Crippen molar-refractivity contribution in [2.45, 2.75) is 44.6 Å². The lowest BCUT2D eigenvalue weighted by molar-refractivity contribution is -0.117. The third-order valence-electron chi connectivity index (χ3n) is 6.21. The number of nitrogens with zero attached hydrogens (tertiary/aromatic N) is 6. The fourth-order valence-corrected chi connectivity index (χ4v) is 4.14. The van der Waals surface area contributed by atoms with Crippen LogP contribution in [0.2, 0.25) is 0 Å². The van der Waals surface area contributed by atoms with E-state index in [1.54, 1.807) is 12.3 Å². The van der Waals surface area contributed by atoms with E-state index in [2.05, 4.69) is 58.3 Å². The predicted octanol–water partition coefficient (Wildman–Crippen LogP) is 3.45. The quantitative estimate of drug-likeness (QED) is 0.453. The van der Waals surface area contributed by atoms with Crippen molar-refractivity contribution in [2.24, 2.45) is 5.92 Å². The second-order valence-electron chi connectivity index (χ2n) is 8.87. The summed E-state index contributed by atoms with van der Waals surface area (Å²) < 4.78 is 2.08. The van der Waals surface area contributed by atoms with Gasteiger partial charge in [-0.05, 0) is 49.8 Å². The van der Waals surface area contributed by atoms with Crippen LogP contribution in [0, 0.1) is 12.8 Å². The van der Waals surface area contributed by atoms with Gasteiger partial charge in [-0.2, -0.15) is 0 Å². The molecule has 4 heterocycles. The molecule has 0 bridgehead atoms. The number of imidazole rings is 1. The maximum atomic E-state index is 12.7. The van der Waals surface area contributed by atoms with Crippen molar-refractivity contribution >= 4 is 23.2 Å². The Morgan fingerprint density at radius 3 is 2.82 bits per heavy atom. The van der Waals surface area contributed by atoms with Gasteiger partial charge < -0.3 is 15.0 Å². The number of carbonyl (C=O) groups excluding carboxylic acids is 1. The third-order valence-corrected chi connectivity index (χ3v) is 6.21. The molecular weight excluding hydrogens is 416 g/mol. The first kappa shape index (κ1) is 19.8. The van der Waals surface area contributed by atoms with E-state index in [0.29, 0.717) is 24.1 Å². The topological polar surface area (TPSA) is 110 Å². The van der Waals surface area contributed by atoms with E-state index in [0.717, 1.165) is 29.3 Å². The lowest BCUT2D eigenvalue weighted by Gasteiger charge is -2.07. The van der Waals surface area contributed by atoms with Crippen molar-refractivity contribution < 1.29 is 4.79 Å². The highest BCUT2D eigenvalue weighted by atomic mass is 16.2. The number of carbonyl (C=O) groups is 1. The van der Waals surface area contributed by atoms with Gasteiger partial charge in [-0.25, -0.2) is 24.9 Å². The molecule has 2 atom stereocenters. The molecule has 6 rings (SSSR count). The number of rotatable bonds is 7. The van der Waals surface area contributed by atoms with Crippen LogP contribution in [-0.2, 0) is 11.3 Å². The molecule has 0 aromatic carbocycles. The molecule has 2 aliphatic carbocycles. The van der Waals surface area contributed by atoms with E-state index < -0.39 is 0 Å². The van der Waals surface area contributed by atoms with E-state index in [9.17, 15) is 4.79 Å². The zero-order valence-electron chi connectivity index (χ0n) is 18.3. The second kappa shape index (κ2) is 7.91. The van der Waals surface area contributed by atoms with E-state index in [-0.39, 0.29) is 17.7 Å². The lowest BCUT2D eigenvalue weighted by Crippen LogP contribution is -2.16. The zero-order valence-corrected chi connectivity index (χ0v) is 18.3. The van der Waals surface area contributed by atoms with Gasteiger partial charge in [0.25, 0.3) is 0 Å². The minimum absolute atomic E-state index is 0.0680. The SMILES string of the molecule is Cc1ccnc(C2C[C@@H]2C(=O)Nc2cc(NCc3cn4cc(C5CC5)ccc4n3)ncn2)n1. The van der Waals surface area contributed by atoms with Crippen LogP contribution >= 0.6 is 0 Å². The van der Waals surface area contributed by atoms with Crippen LogP contribution in [-0.4, -0.2) is 35.2 Å². The molecule has 4 aromatic heterocycles. The number of aromatic nitrogens is 6. The van der Waals surface area contributed by atoms with Crippen LogP contribution in [0.25, 0.3) is 5.65 Å². The largest absolute Gasteiger partial charge is 0.364 e. The van der Waals surface area contributed by atoms with E-state index in [4.69, 9.17) is 0 Å². The average Bonchev–Trinajstić information content (AvgIpc) is 3.74. The smallest absolute Gasteiger partial charge is 0.229 e. The number of fused-ring (bicyclic) bond motifs is 1. The first-order valence-electron chi connectivity index (χ1n) is 11.3. The summed E-state index contributed by atoms with van der Waals surface area (Å²) >= 11 is 0. The van der Waals surface area contributed by atoms with E-state index in [1.165, 1.54) is 24.7 Å². The van der Waals surface area contributed by atoms with Gasteiger partial charge in [0.15, 0.2) is 0 Å².